The molecule has 0 unspecified atom stereocenters. The molecule has 0 N–H and O–H groups in total. The molecule has 0 bridgehead atoms. The number of rotatable bonds is 1. The predicted octanol–water partition coefficient (Wildman–Crippen LogP) is 2.34. The van der Waals surface area contributed by atoms with Gasteiger partial charge in [0.2, 0.25) is 5.89 Å². The summed E-state index contributed by atoms with van der Waals surface area (Å²) in [4.78, 5) is 12.7. The molecule has 18 heavy (non-hydrogen) atoms. The molecular formula is C13H7N4O. The SMILES string of the molecule is [c]1cn2cccc(-c3nc4ncccc4o3)c2n1. The van der Waals surface area contributed by atoms with Gasteiger partial charge in [0.05, 0.1) is 5.56 Å². The molecular weight excluding hydrogens is 228 g/mol. The minimum absolute atomic E-state index is 0.522. The van der Waals surface area contributed by atoms with Crippen LogP contribution in [-0.2, 0) is 0 Å². The normalized spacial score (nSPS) is 11.3. The Morgan fingerprint density at radius 3 is 3.17 bits per heavy atom. The molecule has 4 aromatic heterocycles. The molecule has 0 spiro atoms. The molecule has 0 saturated heterocycles. The Bertz CT molecular complexity index is 813. The van der Waals surface area contributed by atoms with Gasteiger partial charge < -0.3 is 8.82 Å². The summed E-state index contributed by atoms with van der Waals surface area (Å²) < 4.78 is 7.56. The number of oxazole rings is 1. The van der Waals surface area contributed by atoms with Crippen molar-refractivity contribution in [1.82, 2.24) is 19.4 Å². The molecule has 1 radical (unpaired) electrons. The van der Waals surface area contributed by atoms with Gasteiger partial charge in [0.25, 0.3) is 0 Å². The zero-order valence-corrected chi connectivity index (χ0v) is 9.24. The quantitative estimate of drug-likeness (QED) is 0.508. The van der Waals surface area contributed by atoms with E-state index in [1.807, 2.05) is 34.9 Å². The Kier molecular flexibility index (Phi) is 1.77. The molecule has 4 aromatic rings. The van der Waals surface area contributed by atoms with E-state index in [2.05, 4.69) is 21.1 Å². The van der Waals surface area contributed by atoms with Crippen molar-refractivity contribution in [3.63, 3.8) is 0 Å². The van der Waals surface area contributed by atoms with Crippen molar-refractivity contribution in [3.8, 4) is 11.5 Å². The smallest absolute Gasteiger partial charge is 0.232 e. The second-order valence-electron chi connectivity index (χ2n) is 3.87. The lowest BCUT2D eigenvalue weighted by Crippen LogP contribution is -1.87. The van der Waals surface area contributed by atoms with Crippen molar-refractivity contribution in [2.75, 3.05) is 0 Å². The van der Waals surface area contributed by atoms with Crippen molar-refractivity contribution in [2.24, 2.45) is 0 Å². The molecule has 0 amide bonds. The van der Waals surface area contributed by atoms with Crippen LogP contribution < -0.4 is 0 Å². The van der Waals surface area contributed by atoms with Crippen molar-refractivity contribution in [1.29, 1.82) is 0 Å². The van der Waals surface area contributed by atoms with Crippen molar-refractivity contribution in [3.05, 3.63) is 49.1 Å². The van der Waals surface area contributed by atoms with Crippen LogP contribution in [0, 0.1) is 6.20 Å². The van der Waals surface area contributed by atoms with E-state index < -0.39 is 0 Å². The second kappa shape index (κ2) is 3.40. The van der Waals surface area contributed by atoms with Gasteiger partial charge in [-0.05, 0) is 24.3 Å². The third-order valence-electron chi connectivity index (χ3n) is 2.76. The fourth-order valence-corrected chi connectivity index (χ4v) is 1.94. The number of hydrogen-bond donors (Lipinski definition) is 0. The maximum absolute atomic E-state index is 5.69. The predicted molar refractivity (Wildman–Crippen MR) is 64.8 cm³/mol. The van der Waals surface area contributed by atoms with Crippen LogP contribution in [0.3, 0.4) is 0 Å². The summed E-state index contributed by atoms with van der Waals surface area (Å²) in [6.45, 7) is 0. The summed E-state index contributed by atoms with van der Waals surface area (Å²) in [6, 6.07) is 7.50. The van der Waals surface area contributed by atoms with E-state index in [4.69, 9.17) is 4.42 Å². The summed E-state index contributed by atoms with van der Waals surface area (Å²) in [5.74, 6) is 0.522. The zero-order chi connectivity index (χ0) is 11.9. The van der Waals surface area contributed by atoms with Crippen LogP contribution >= 0.6 is 0 Å². The first-order chi connectivity index (χ1) is 8.92. The van der Waals surface area contributed by atoms with Crippen LogP contribution in [0.2, 0.25) is 0 Å². The summed E-state index contributed by atoms with van der Waals surface area (Å²) in [5.41, 5.74) is 2.87. The maximum Gasteiger partial charge on any atom is 0.232 e. The number of fused-ring (bicyclic) bond motifs is 2. The first kappa shape index (κ1) is 9.35. The molecule has 0 fully saturated rings. The molecule has 0 atom stereocenters. The van der Waals surface area contributed by atoms with E-state index in [1.54, 1.807) is 12.4 Å². The highest BCUT2D eigenvalue weighted by Crippen LogP contribution is 2.25. The monoisotopic (exact) mass is 235 g/mol. The highest BCUT2D eigenvalue weighted by Gasteiger charge is 2.12. The fraction of sp³-hybridized carbons (Fsp3) is 0. The first-order valence-electron chi connectivity index (χ1n) is 5.47. The van der Waals surface area contributed by atoms with Gasteiger partial charge in [0.15, 0.2) is 11.2 Å². The highest BCUT2D eigenvalue weighted by molar-refractivity contribution is 5.77. The van der Waals surface area contributed by atoms with Gasteiger partial charge in [0.1, 0.15) is 11.8 Å². The minimum atomic E-state index is 0.522. The summed E-state index contributed by atoms with van der Waals surface area (Å²) in [7, 11) is 0. The Hall–Kier alpha value is -2.69. The summed E-state index contributed by atoms with van der Waals surface area (Å²) >= 11 is 0. The van der Waals surface area contributed by atoms with Crippen LogP contribution in [0.5, 0.6) is 0 Å². The van der Waals surface area contributed by atoms with Crippen LogP contribution in [0.1, 0.15) is 0 Å². The van der Waals surface area contributed by atoms with Gasteiger partial charge in [-0.25, -0.2) is 9.97 Å². The largest absolute Gasteiger partial charge is 0.434 e. The summed E-state index contributed by atoms with van der Waals surface area (Å²) in [5, 5.41) is 0. The molecule has 4 rings (SSSR count). The molecule has 0 saturated carbocycles. The van der Waals surface area contributed by atoms with Gasteiger partial charge in [-0.15, -0.1) is 0 Å². The summed E-state index contributed by atoms with van der Waals surface area (Å²) in [6.07, 6.45) is 8.17. The molecule has 0 aromatic carbocycles. The van der Waals surface area contributed by atoms with E-state index in [0.717, 1.165) is 11.2 Å². The molecule has 4 heterocycles. The standard InChI is InChI=1S/C13H7N4O/c1-4-10-11(14-5-1)16-13(18-10)9-3-2-7-17-8-6-15-12(9)17/h1-5,7-8H. The van der Waals surface area contributed by atoms with Gasteiger partial charge >= 0.3 is 0 Å². The van der Waals surface area contributed by atoms with Gasteiger partial charge in [-0.1, -0.05) is 0 Å². The molecule has 5 heteroatoms. The first-order valence-corrected chi connectivity index (χ1v) is 5.47. The number of imidazole rings is 1. The van der Waals surface area contributed by atoms with E-state index >= 15 is 0 Å². The Balaban J connectivity index is 2.04. The lowest BCUT2D eigenvalue weighted by molar-refractivity contribution is 0.620. The average Bonchev–Trinajstić information content (AvgIpc) is 3.04. The Morgan fingerprint density at radius 1 is 1.22 bits per heavy atom. The fourth-order valence-electron chi connectivity index (χ4n) is 1.94. The number of hydrogen-bond acceptors (Lipinski definition) is 4. The third-order valence-corrected chi connectivity index (χ3v) is 2.76. The average molecular weight is 235 g/mol. The van der Waals surface area contributed by atoms with E-state index in [1.165, 1.54) is 0 Å². The van der Waals surface area contributed by atoms with E-state index in [0.29, 0.717) is 17.1 Å². The van der Waals surface area contributed by atoms with Crippen molar-refractivity contribution in [2.45, 2.75) is 0 Å². The van der Waals surface area contributed by atoms with Crippen LogP contribution in [-0.4, -0.2) is 19.4 Å². The van der Waals surface area contributed by atoms with Crippen LogP contribution in [0.4, 0.5) is 0 Å². The van der Waals surface area contributed by atoms with E-state index in [-0.39, 0.29) is 0 Å². The Morgan fingerprint density at radius 2 is 2.22 bits per heavy atom. The van der Waals surface area contributed by atoms with Crippen molar-refractivity contribution >= 4 is 16.9 Å². The highest BCUT2D eigenvalue weighted by atomic mass is 16.3. The van der Waals surface area contributed by atoms with Crippen molar-refractivity contribution < 1.29 is 4.42 Å². The van der Waals surface area contributed by atoms with Crippen LogP contribution in [0.15, 0.2) is 47.3 Å². The zero-order valence-electron chi connectivity index (χ0n) is 9.24. The number of nitrogens with zero attached hydrogens (tertiary/aromatic N) is 4. The number of pyridine rings is 2. The van der Waals surface area contributed by atoms with E-state index in [9.17, 15) is 0 Å². The Labute approximate surface area is 102 Å². The van der Waals surface area contributed by atoms with Crippen LogP contribution in [0.25, 0.3) is 28.3 Å². The third kappa shape index (κ3) is 1.24. The molecule has 5 nitrogen and oxygen atoms in total. The molecule has 0 aliphatic heterocycles. The lowest BCUT2D eigenvalue weighted by atomic mass is 10.2. The molecule has 85 valence electrons. The maximum atomic E-state index is 5.69. The molecule has 0 aliphatic rings. The topological polar surface area (TPSA) is 56.2 Å². The second-order valence-corrected chi connectivity index (χ2v) is 3.87. The van der Waals surface area contributed by atoms with Gasteiger partial charge in [-0.3, -0.25) is 0 Å². The van der Waals surface area contributed by atoms with Gasteiger partial charge in [-0.2, -0.15) is 4.98 Å². The molecule has 0 aliphatic carbocycles. The van der Waals surface area contributed by atoms with Gasteiger partial charge in [0, 0.05) is 18.6 Å². The lowest BCUT2D eigenvalue weighted by Gasteiger charge is -1.97. The minimum Gasteiger partial charge on any atom is -0.434 e. The number of aromatic nitrogens is 4.